The standard InChI is InChI=1S/C18H25NO4/c1-17(2,3)22-15(20)13-9-7-8-12-10-19(11-14(12)13)16(21)23-18(4,5)6/h7-9H,10-11H2,1-6H3. The van der Waals surface area contributed by atoms with Gasteiger partial charge in [0, 0.05) is 6.54 Å². The van der Waals surface area contributed by atoms with E-state index in [1.54, 1.807) is 11.0 Å². The number of benzene rings is 1. The number of rotatable bonds is 1. The van der Waals surface area contributed by atoms with Crippen molar-refractivity contribution in [3.8, 4) is 0 Å². The van der Waals surface area contributed by atoms with Crippen molar-refractivity contribution < 1.29 is 19.1 Å². The Morgan fingerprint density at radius 3 is 2.13 bits per heavy atom. The van der Waals surface area contributed by atoms with Crippen LogP contribution < -0.4 is 0 Å². The Morgan fingerprint density at radius 2 is 1.57 bits per heavy atom. The first-order chi connectivity index (χ1) is 10.5. The van der Waals surface area contributed by atoms with Crippen molar-refractivity contribution in [2.24, 2.45) is 0 Å². The van der Waals surface area contributed by atoms with Gasteiger partial charge in [-0.15, -0.1) is 0 Å². The molecule has 1 aliphatic heterocycles. The maximum atomic E-state index is 12.4. The molecule has 0 aliphatic carbocycles. The Morgan fingerprint density at radius 1 is 0.957 bits per heavy atom. The van der Waals surface area contributed by atoms with Crippen molar-refractivity contribution in [1.82, 2.24) is 4.90 Å². The Balaban J connectivity index is 2.19. The summed E-state index contributed by atoms with van der Waals surface area (Å²) in [5.74, 6) is -0.361. The molecule has 0 saturated heterocycles. The Hall–Kier alpha value is -2.04. The topological polar surface area (TPSA) is 55.8 Å². The Labute approximate surface area is 137 Å². The number of ether oxygens (including phenoxy) is 2. The average Bonchev–Trinajstić information content (AvgIpc) is 2.77. The third-order valence-electron chi connectivity index (χ3n) is 3.25. The fourth-order valence-electron chi connectivity index (χ4n) is 2.40. The number of amides is 1. The van der Waals surface area contributed by atoms with Crippen LogP contribution in [0.25, 0.3) is 0 Å². The van der Waals surface area contributed by atoms with Crippen LogP contribution in [0, 0.1) is 0 Å². The van der Waals surface area contributed by atoms with E-state index in [1.807, 2.05) is 53.7 Å². The van der Waals surface area contributed by atoms with Crippen LogP contribution in [0.5, 0.6) is 0 Å². The molecule has 1 aromatic carbocycles. The van der Waals surface area contributed by atoms with Gasteiger partial charge in [-0.25, -0.2) is 9.59 Å². The molecule has 5 nitrogen and oxygen atoms in total. The van der Waals surface area contributed by atoms with E-state index in [-0.39, 0.29) is 12.1 Å². The molecule has 0 saturated carbocycles. The molecule has 1 aliphatic rings. The molecule has 0 aromatic heterocycles. The van der Waals surface area contributed by atoms with Crippen molar-refractivity contribution in [3.05, 3.63) is 34.9 Å². The summed E-state index contributed by atoms with van der Waals surface area (Å²) in [4.78, 5) is 26.2. The van der Waals surface area contributed by atoms with E-state index in [4.69, 9.17) is 9.47 Å². The molecular weight excluding hydrogens is 294 g/mol. The largest absolute Gasteiger partial charge is 0.456 e. The highest BCUT2D eigenvalue weighted by molar-refractivity contribution is 5.92. The van der Waals surface area contributed by atoms with Crippen LogP contribution in [0.2, 0.25) is 0 Å². The quantitative estimate of drug-likeness (QED) is 0.737. The monoisotopic (exact) mass is 319 g/mol. The number of carbonyl (C=O) groups is 2. The Bertz CT molecular complexity index is 623. The van der Waals surface area contributed by atoms with Gasteiger partial charge in [-0.2, -0.15) is 0 Å². The van der Waals surface area contributed by atoms with Crippen LogP contribution >= 0.6 is 0 Å². The second kappa shape index (κ2) is 5.87. The molecule has 0 bridgehead atoms. The van der Waals surface area contributed by atoms with Crippen molar-refractivity contribution in [3.63, 3.8) is 0 Å². The fraction of sp³-hybridized carbons (Fsp3) is 0.556. The summed E-state index contributed by atoms with van der Waals surface area (Å²) in [7, 11) is 0. The van der Waals surface area contributed by atoms with E-state index < -0.39 is 11.2 Å². The van der Waals surface area contributed by atoms with Crippen molar-refractivity contribution >= 4 is 12.1 Å². The molecule has 0 N–H and O–H groups in total. The van der Waals surface area contributed by atoms with Crippen LogP contribution in [0.15, 0.2) is 18.2 Å². The molecule has 5 heteroatoms. The summed E-state index contributed by atoms with van der Waals surface area (Å²) in [6, 6.07) is 5.48. The third-order valence-corrected chi connectivity index (χ3v) is 3.25. The van der Waals surface area contributed by atoms with Gasteiger partial charge in [0.1, 0.15) is 11.2 Å². The number of fused-ring (bicyclic) bond motifs is 1. The summed E-state index contributed by atoms with van der Waals surface area (Å²) >= 11 is 0. The first-order valence-corrected chi connectivity index (χ1v) is 7.78. The van der Waals surface area contributed by atoms with Gasteiger partial charge >= 0.3 is 12.1 Å². The number of carbonyl (C=O) groups excluding carboxylic acids is 2. The third kappa shape index (κ3) is 4.47. The molecular formula is C18H25NO4. The predicted molar refractivity (Wildman–Crippen MR) is 87.1 cm³/mol. The highest BCUT2D eigenvalue weighted by Crippen LogP contribution is 2.28. The predicted octanol–water partition coefficient (Wildman–Crippen LogP) is 3.89. The van der Waals surface area contributed by atoms with E-state index in [1.165, 1.54) is 0 Å². The second-order valence-electron chi connectivity index (χ2n) is 7.78. The lowest BCUT2D eigenvalue weighted by Crippen LogP contribution is -2.33. The van der Waals surface area contributed by atoms with Gasteiger partial charge in [-0.3, -0.25) is 4.90 Å². The zero-order chi connectivity index (χ0) is 17.4. The van der Waals surface area contributed by atoms with Gasteiger partial charge in [0.25, 0.3) is 0 Å². The maximum Gasteiger partial charge on any atom is 0.410 e. The molecule has 23 heavy (non-hydrogen) atoms. The van der Waals surface area contributed by atoms with Gasteiger partial charge in [-0.1, -0.05) is 12.1 Å². The first-order valence-electron chi connectivity index (χ1n) is 7.78. The van der Waals surface area contributed by atoms with Gasteiger partial charge in [0.05, 0.1) is 12.1 Å². The zero-order valence-electron chi connectivity index (χ0n) is 14.7. The zero-order valence-corrected chi connectivity index (χ0v) is 14.7. The lowest BCUT2D eigenvalue weighted by molar-refractivity contribution is 0.00644. The van der Waals surface area contributed by atoms with Crippen LogP contribution in [0.1, 0.15) is 63.0 Å². The van der Waals surface area contributed by atoms with E-state index in [0.29, 0.717) is 18.7 Å². The summed E-state index contributed by atoms with van der Waals surface area (Å²) in [5.41, 5.74) is 1.22. The molecule has 0 fully saturated rings. The minimum absolute atomic E-state index is 0.361. The second-order valence-corrected chi connectivity index (χ2v) is 7.78. The first kappa shape index (κ1) is 17.3. The van der Waals surface area contributed by atoms with Gasteiger partial charge < -0.3 is 9.47 Å². The van der Waals surface area contributed by atoms with Crippen molar-refractivity contribution in [2.45, 2.75) is 65.8 Å². The number of hydrogen-bond donors (Lipinski definition) is 0. The minimum Gasteiger partial charge on any atom is -0.456 e. The van der Waals surface area contributed by atoms with Crippen molar-refractivity contribution in [1.29, 1.82) is 0 Å². The lowest BCUT2D eigenvalue weighted by atomic mass is 10.0. The number of nitrogens with zero attached hydrogens (tertiary/aromatic N) is 1. The van der Waals surface area contributed by atoms with Crippen LogP contribution in [-0.4, -0.2) is 28.2 Å². The fourth-order valence-corrected chi connectivity index (χ4v) is 2.40. The molecule has 0 unspecified atom stereocenters. The van der Waals surface area contributed by atoms with Crippen LogP contribution in [-0.2, 0) is 22.6 Å². The van der Waals surface area contributed by atoms with Crippen LogP contribution in [0.4, 0.5) is 4.79 Å². The highest BCUT2D eigenvalue weighted by atomic mass is 16.6. The maximum absolute atomic E-state index is 12.4. The summed E-state index contributed by atoms with van der Waals surface area (Å²) in [5, 5.41) is 0. The summed E-state index contributed by atoms with van der Waals surface area (Å²) in [6.45, 7) is 11.8. The smallest absolute Gasteiger partial charge is 0.410 e. The normalized spacial score (nSPS) is 14.4. The number of hydrogen-bond acceptors (Lipinski definition) is 4. The summed E-state index contributed by atoms with van der Waals surface area (Å²) in [6.07, 6.45) is -0.371. The molecule has 2 rings (SSSR count). The SMILES string of the molecule is CC(C)(C)OC(=O)c1cccc2c1CN(C(=O)OC(C)(C)C)C2. The van der Waals surface area contributed by atoms with E-state index in [9.17, 15) is 9.59 Å². The molecule has 1 heterocycles. The molecule has 1 aromatic rings. The van der Waals surface area contributed by atoms with Gasteiger partial charge in [0.2, 0.25) is 0 Å². The molecule has 0 atom stereocenters. The minimum atomic E-state index is -0.552. The molecule has 0 radical (unpaired) electrons. The average molecular weight is 319 g/mol. The molecule has 1 amide bonds. The van der Waals surface area contributed by atoms with E-state index in [2.05, 4.69) is 0 Å². The van der Waals surface area contributed by atoms with E-state index >= 15 is 0 Å². The lowest BCUT2D eigenvalue weighted by Gasteiger charge is -2.24. The van der Waals surface area contributed by atoms with E-state index in [0.717, 1.165) is 11.1 Å². The van der Waals surface area contributed by atoms with Gasteiger partial charge in [0.15, 0.2) is 0 Å². The van der Waals surface area contributed by atoms with Crippen molar-refractivity contribution in [2.75, 3.05) is 0 Å². The summed E-state index contributed by atoms with van der Waals surface area (Å²) < 4.78 is 10.9. The molecule has 0 spiro atoms. The Kier molecular flexibility index (Phi) is 4.42. The van der Waals surface area contributed by atoms with Crippen LogP contribution in [0.3, 0.4) is 0 Å². The van der Waals surface area contributed by atoms with Gasteiger partial charge in [-0.05, 0) is 58.7 Å². The highest BCUT2D eigenvalue weighted by Gasteiger charge is 2.31. The molecule has 126 valence electrons. The number of esters is 1.